The molecular formula is C24H36N6O5. The van der Waals surface area contributed by atoms with Crippen LogP contribution in [0.3, 0.4) is 0 Å². The van der Waals surface area contributed by atoms with Crippen LogP contribution >= 0.6 is 0 Å². The van der Waals surface area contributed by atoms with Crippen LogP contribution in [0.4, 0.5) is 10.5 Å². The fraction of sp³-hybridized carbons (Fsp3) is 0.583. The second kappa shape index (κ2) is 12.5. The summed E-state index contributed by atoms with van der Waals surface area (Å²) < 4.78 is 13.3. The highest BCUT2D eigenvalue weighted by atomic mass is 16.5. The third-order valence-corrected chi connectivity index (χ3v) is 6.29. The van der Waals surface area contributed by atoms with E-state index in [2.05, 4.69) is 15.6 Å². The van der Waals surface area contributed by atoms with Gasteiger partial charge in [-0.25, -0.2) is 9.48 Å². The number of fused-ring (bicyclic) bond motifs is 1. The molecule has 3 amide bonds. The van der Waals surface area contributed by atoms with Gasteiger partial charge in [0, 0.05) is 39.0 Å². The smallest absolute Gasteiger partial charge is 0.321 e. The Morgan fingerprint density at radius 3 is 2.91 bits per heavy atom. The number of urea groups is 1. The average molecular weight is 489 g/mol. The van der Waals surface area contributed by atoms with Crippen LogP contribution in [-0.2, 0) is 22.7 Å². The Kier molecular flexibility index (Phi) is 9.44. The highest BCUT2D eigenvalue weighted by molar-refractivity contribution is 5.90. The minimum Gasteiger partial charge on any atom is -0.495 e. The zero-order valence-electron chi connectivity index (χ0n) is 20.9. The molecule has 3 rings (SSSR count). The van der Waals surface area contributed by atoms with Gasteiger partial charge in [-0.1, -0.05) is 24.3 Å². The number of hydrogen-bond donors (Lipinski definition) is 2. The molecule has 2 N–H and O–H groups in total. The fourth-order valence-electron chi connectivity index (χ4n) is 4.06. The van der Waals surface area contributed by atoms with Crippen molar-refractivity contribution in [1.82, 2.24) is 24.8 Å². The molecule has 0 aliphatic carbocycles. The summed E-state index contributed by atoms with van der Waals surface area (Å²) in [5.41, 5.74) is 1.39. The molecule has 35 heavy (non-hydrogen) atoms. The highest BCUT2D eigenvalue weighted by Crippen LogP contribution is 2.24. The van der Waals surface area contributed by atoms with Gasteiger partial charge < -0.3 is 29.7 Å². The first-order valence-electron chi connectivity index (χ1n) is 11.9. The number of para-hydroxylation sites is 2. The van der Waals surface area contributed by atoms with Crippen molar-refractivity contribution in [3.63, 3.8) is 0 Å². The second-order valence-corrected chi connectivity index (χ2v) is 8.97. The number of ether oxygens (including phenoxy) is 2. The topological polar surface area (TPSA) is 122 Å². The van der Waals surface area contributed by atoms with E-state index in [1.807, 2.05) is 26.0 Å². The lowest BCUT2D eigenvalue weighted by molar-refractivity contribution is -0.136. The summed E-state index contributed by atoms with van der Waals surface area (Å²) in [7, 11) is 3.25. The minimum atomic E-state index is -0.382. The monoisotopic (exact) mass is 488 g/mol. The molecule has 11 heteroatoms. The standard InChI is InChI=1S/C24H36N6O5/c1-17-13-29(18(2)15-31)23(32)10-7-11-30-19(12-25-27-30)16-35-22(17)14-28(3)24(33)26-20-8-5-6-9-21(20)34-4/h5-6,8-9,12,17-18,22,31H,7,10-11,13-16H2,1-4H3,(H,26,33)/t17-,18+,22+/m0/s1. The Labute approximate surface area is 206 Å². The van der Waals surface area contributed by atoms with E-state index in [0.717, 1.165) is 5.69 Å². The van der Waals surface area contributed by atoms with Gasteiger partial charge in [-0.05, 0) is 25.5 Å². The number of nitrogens with one attached hydrogen (secondary N) is 1. The van der Waals surface area contributed by atoms with E-state index in [4.69, 9.17) is 9.47 Å². The van der Waals surface area contributed by atoms with Crippen molar-refractivity contribution in [2.45, 2.75) is 52.0 Å². The summed E-state index contributed by atoms with van der Waals surface area (Å²) in [6, 6.07) is 6.58. The summed E-state index contributed by atoms with van der Waals surface area (Å²) in [5.74, 6) is 0.428. The molecule has 11 nitrogen and oxygen atoms in total. The Bertz CT molecular complexity index is 983. The van der Waals surface area contributed by atoms with Crippen LogP contribution in [0, 0.1) is 5.92 Å². The summed E-state index contributed by atoms with van der Waals surface area (Å²) >= 11 is 0. The van der Waals surface area contributed by atoms with Crippen LogP contribution in [-0.4, -0.2) is 87.8 Å². The molecular weight excluding hydrogens is 452 g/mol. The van der Waals surface area contributed by atoms with E-state index in [0.29, 0.717) is 43.9 Å². The van der Waals surface area contributed by atoms with Crippen molar-refractivity contribution in [3.05, 3.63) is 36.2 Å². The number of aromatic nitrogens is 3. The second-order valence-electron chi connectivity index (χ2n) is 8.97. The molecule has 1 aliphatic heterocycles. The first-order valence-corrected chi connectivity index (χ1v) is 11.9. The van der Waals surface area contributed by atoms with Crippen molar-refractivity contribution in [3.8, 4) is 5.75 Å². The Morgan fingerprint density at radius 2 is 2.17 bits per heavy atom. The number of hydrogen-bond acceptors (Lipinski definition) is 7. The van der Waals surface area contributed by atoms with E-state index in [-0.39, 0.29) is 43.2 Å². The average Bonchev–Trinajstić information content (AvgIpc) is 3.30. The molecule has 1 aromatic carbocycles. The molecule has 0 unspecified atom stereocenters. The number of methoxy groups -OCH3 is 1. The number of amides is 3. The number of aliphatic hydroxyl groups is 1. The minimum absolute atomic E-state index is 0.0262. The molecule has 0 saturated heterocycles. The number of aryl methyl sites for hydroxylation is 1. The number of carbonyl (C=O) groups excluding carboxylic acids is 2. The number of rotatable bonds is 6. The summed E-state index contributed by atoms with van der Waals surface area (Å²) in [6.07, 6.45) is 2.25. The van der Waals surface area contributed by atoms with Crippen molar-refractivity contribution in [1.29, 1.82) is 0 Å². The molecule has 0 fully saturated rings. The number of aliphatic hydroxyl groups excluding tert-OH is 1. The molecule has 0 bridgehead atoms. The van der Waals surface area contributed by atoms with E-state index < -0.39 is 0 Å². The normalized spacial score (nSPS) is 20.3. The van der Waals surface area contributed by atoms with Crippen molar-refractivity contribution >= 4 is 17.6 Å². The molecule has 0 saturated carbocycles. The van der Waals surface area contributed by atoms with Crippen molar-refractivity contribution in [2.24, 2.45) is 5.92 Å². The van der Waals surface area contributed by atoms with Crippen molar-refractivity contribution in [2.75, 3.05) is 39.2 Å². The number of carbonyl (C=O) groups is 2. The lowest BCUT2D eigenvalue weighted by Crippen LogP contribution is -2.48. The third kappa shape index (κ3) is 6.92. The van der Waals surface area contributed by atoms with E-state index in [1.54, 1.807) is 47.0 Å². The fourth-order valence-corrected chi connectivity index (χ4v) is 4.06. The molecule has 2 heterocycles. The molecule has 1 aromatic heterocycles. The summed E-state index contributed by atoms with van der Waals surface area (Å²) in [4.78, 5) is 29.2. The van der Waals surface area contributed by atoms with Crippen molar-refractivity contribution < 1.29 is 24.2 Å². The SMILES string of the molecule is COc1ccccc1NC(=O)N(C)C[C@H]1OCc2cnnn2CCCC(=O)N([C@H](C)CO)C[C@@H]1C. The number of nitrogens with zero attached hydrogens (tertiary/aromatic N) is 5. The highest BCUT2D eigenvalue weighted by Gasteiger charge is 2.29. The van der Waals surface area contributed by atoms with E-state index in [1.165, 1.54) is 0 Å². The summed E-state index contributed by atoms with van der Waals surface area (Å²) in [5, 5.41) is 20.7. The van der Waals surface area contributed by atoms with Gasteiger partial charge in [-0.15, -0.1) is 5.10 Å². The lowest BCUT2D eigenvalue weighted by atomic mass is 10.0. The number of benzene rings is 1. The van der Waals surface area contributed by atoms with Crippen LogP contribution in [0.15, 0.2) is 30.5 Å². The van der Waals surface area contributed by atoms with Crippen LogP contribution in [0.1, 0.15) is 32.4 Å². The molecule has 192 valence electrons. The first kappa shape index (κ1) is 26.4. The van der Waals surface area contributed by atoms with Gasteiger partial charge in [0.15, 0.2) is 0 Å². The predicted molar refractivity (Wildman–Crippen MR) is 130 cm³/mol. The van der Waals surface area contributed by atoms with Crippen LogP contribution in [0.25, 0.3) is 0 Å². The van der Waals surface area contributed by atoms with Gasteiger partial charge in [-0.2, -0.15) is 0 Å². The van der Waals surface area contributed by atoms with Gasteiger partial charge in [0.25, 0.3) is 0 Å². The van der Waals surface area contributed by atoms with Crippen LogP contribution < -0.4 is 10.1 Å². The van der Waals surface area contributed by atoms with Gasteiger partial charge in [-0.3, -0.25) is 4.79 Å². The quantitative estimate of drug-likeness (QED) is 0.637. The van der Waals surface area contributed by atoms with E-state index >= 15 is 0 Å². The van der Waals surface area contributed by atoms with Gasteiger partial charge in [0.05, 0.1) is 50.0 Å². The summed E-state index contributed by atoms with van der Waals surface area (Å²) in [6.45, 7) is 5.22. The number of anilines is 1. The largest absolute Gasteiger partial charge is 0.495 e. The van der Waals surface area contributed by atoms with Gasteiger partial charge in [0.2, 0.25) is 5.91 Å². The molecule has 3 atom stereocenters. The molecule has 0 radical (unpaired) electrons. The first-order chi connectivity index (χ1) is 16.8. The van der Waals surface area contributed by atoms with Gasteiger partial charge >= 0.3 is 6.03 Å². The molecule has 0 spiro atoms. The van der Waals surface area contributed by atoms with E-state index in [9.17, 15) is 14.7 Å². The third-order valence-electron chi connectivity index (χ3n) is 6.29. The van der Waals surface area contributed by atoms with Crippen LogP contribution in [0.5, 0.6) is 5.75 Å². The van der Waals surface area contributed by atoms with Gasteiger partial charge in [0.1, 0.15) is 5.75 Å². The lowest BCUT2D eigenvalue weighted by Gasteiger charge is -2.35. The maximum absolute atomic E-state index is 13.0. The Balaban J connectivity index is 1.78. The number of likely N-dealkylation sites (N-methyl/N-ethyl adjacent to an activating group) is 1. The maximum Gasteiger partial charge on any atom is 0.321 e. The Hall–Kier alpha value is -3.18. The molecule has 2 aromatic rings. The maximum atomic E-state index is 13.0. The predicted octanol–water partition coefficient (Wildman–Crippen LogP) is 1.98. The molecule has 1 aliphatic rings. The van der Waals surface area contributed by atoms with Crippen LogP contribution in [0.2, 0.25) is 0 Å². The zero-order chi connectivity index (χ0) is 25.4. The zero-order valence-corrected chi connectivity index (χ0v) is 20.9. The Morgan fingerprint density at radius 1 is 1.40 bits per heavy atom.